The van der Waals surface area contributed by atoms with E-state index in [0.717, 1.165) is 16.6 Å². The van der Waals surface area contributed by atoms with Gasteiger partial charge >= 0.3 is 0 Å². The van der Waals surface area contributed by atoms with Crippen LogP contribution in [0.25, 0.3) is 33.7 Å². The van der Waals surface area contributed by atoms with Gasteiger partial charge in [-0.1, -0.05) is 0 Å². The number of carbonyl (C=O) groups excluding carboxylic acids is 1. The molecule has 0 aliphatic heterocycles. The highest BCUT2D eigenvalue weighted by Gasteiger charge is 2.15. The van der Waals surface area contributed by atoms with Crippen molar-refractivity contribution in [2.45, 2.75) is 6.54 Å². The number of nitrogens with zero attached hydrogens (tertiary/aromatic N) is 9. The zero-order chi connectivity index (χ0) is 21.2. The maximum Gasteiger partial charge on any atom is 0.247 e. The Morgan fingerprint density at radius 1 is 0.968 bits per heavy atom. The number of anilines is 1. The van der Waals surface area contributed by atoms with E-state index in [0.29, 0.717) is 22.9 Å². The molecule has 5 aromatic rings. The largest absolute Gasteiger partial charge is 0.309 e. The molecule has 0 aliphatic rings. The summed E-state index contributed by atoms with van der Waals surface area (Å²) in [7, 11) is 1.84. The minimum atomic E-state index is -0.273. The predicted molar refractivity (Wildman–Crippen MR) is 111 cm³/mol. The van der Waals surface area contributed by atoms with Crippen LogP contribution in [0, 0.1) is 0 Å². The topological polar surface area (TPSA) is 129 Å². The summed E-state index contributed by atoms with van der Waals surface area (Å²) in [4.78, 5) is 33.8. The Bertz CT molecular complexity index is 1360. The second kappa shape index (κ2) is 7.71. The third-order valence-corrected chi connectivity index (χ3v) is 4.68. The van der Waals surface area contributed by atoms with Crippen LogP contribution in [0.15, 0.2) is 61.7 Å². The fourth-order valence-corrected chi connectivity index (χ4v) is 3.20. The van der Waals surface area contributed by atoms with Crippen molar-refractivity contribution in [3.05, 3.63) is 61.7 Å². The maximum atomic E-state index is 12.6. The van der Waals surface area contributed by atoms with Gasteiger partial charge in [0, 0.05) is 37.4 Å². The van der Waals surface area contributed by atoms with Crippen LogP contribution in [-0.2, 0) is 18.4 Å². The smallest absolute Gasteiger partial charge is 0.247 e. The molecule has 5 heterocycles. The molecule has 0 unspecified atom stereocenters. The number of hydrogen-bond acceptors (Lipinski definition) is 8. The van der Waals surface area contributed by atoms with Crippen molar-refractivity contribution >= 4 is 22.8 Å². The number of nitrogens with one attached hydrogen (secondary N) is 1. The Hall–Kier alpha value is -4.54. The van der Waals surface area contributed by atoms with E-state index in [1.165, 1.54) is 11.0 Å². The summed E-state index contributed by atoms with van der Waals surface area (Å²) in [5, 5.41) is 12.0. The number of amides is 1. The molecule has 0 radical (unpaired) electrons. The summed E-state index contributed by atoms with van der Waals surface area (Å²) in [6, 6.07) is 5.40. The molecule has 152 valence electrons. The van der Waals surface area contributed by atoms with Crippen molar-refractivity contribution in [2.75, 3.05) is 5.32 Å². The van der Waals surface area contributed by atoms with Gasteiger partial charge in [-0.05, 0) is 18.2 Å². The Morgan fingerprint density at radius 3 is 2.65 bits per heavy atom. The van der Waals surface area contributed by atoms with Crippen LogP contribution in [0.2, 0.25) is 0 Å². The average molecular weight is 412 g/mol. The number of aromatic nitrogens is 9. The second-order valence-electron chi connectivity index (χ2n) is 6.67. The second-order valence-corrected chi connectivity index (χ2v) is 6.67. The molecule has 5 aromatic heterocycles. The Labute approximate surface area is 175 Å². The number of fused-ring (bicyclic) bond motifs is 1. The van der Waals surface area contributed by atoms with Gasteiger partial charge in [0.05, 0.1) is 29.2 Å². The van der Waals surface area contributed by atoms with E-state index in [2.05, 4.69) is 40.4 Å². The van der Waals surface area contributed by atoms with Gasteiger partial charge in [0.1, 0.15) is 24.4 Å². The summed E-state index contributed by atoms with van der Waals surface area (Å²) >= 11 is 0. The van der Waals surface area contributed by atoms with Crippen molar-refractivity contribution in [1.82, 2.24) is 44.5 Å². The molecule has 0 fully saturated rings. The number of hydrogen-bond donors (Lipinski definition) is 1. The van der Waals surface area contributed by atoms with Gasteiger partial charge in [0.25, 0.3) is 0 Å². The van der Waals surface area contributed by atoms with Crippen LogP contribution in [-0.4, -0.2) is 50.4 Å². The molecule has 0 atom stereocenters. The van der Waals surface area contributed by atoms with Crippen molar-refractivity contribution < 1.29 is 4.79 Å². The van der Waals surface area contributed by atoms with E-state index >= 15 is 0 Å². The monoisotopic (exact) mass is 412 g/mol. The number of rotatable bonds is 5. The van der Waals surface area contributed by atoms with Gasteiger partial charge in [-0.25, -0.2) is 19.6 Å². The van der Waals surface area contributed by atoms with Crippen molar-refractivity contribution in [2.24, 2.45) is 7.05 Å². The van der Waals surface area contributed by atoms with E-state index in [1.54, 1.807) is 47.9 Å². The first kappa shape index (κ1) is 18.5. The molecule has 0 saturated carbocycles. The molecule has 0 spiro atoms. The van der Waals surface area contributed by atoms with Crippen LogP contribution in [0.5, 0.6) is 0 Å². The SMILES string of the molecule is Cn1nccc1-c1ncnc2c1cnn2CC(=O)Nc1ccc(-c2cnccn2)cn1. The first-order valence-corrected chi connectivity index (χ1v) is 9.36. The predicted octanol–water partition coefficient (Wildman–Crippen LogP) is 1.72. The molecule has 0 saturated heterocycles. The molecule has 1 amide bonds. The maximum absolute atomic E-state index is 12.6. The summed E-state index contributed by atoms with van der Waals surface area (Å²) < 4.78 is 3.25. The molecule has 5 rings (SSSR count). The van der Waals surface area contributed by atoms with Gasteiger partial charge in [-0.2, -0.15) is 10.2 Å². The van der Waals surface area contributed by atoms with Gasteiger partial charge < -0.3 is 5.32 Å². The van der Waals surface area contributed by atoms with Gasteiger partial charge in [0.2, 0.25) is 5.91 Å². The molecule has 31 heavy (non-hydrogen) atoms. The molecular formula is C20H16N10O. The summed E-state index contributed by atoms with van der Waals surface area (Å²) in [5.41, 5.74) is 3.62. The van der Waals surface area contributed by atoms with E-state index in [4.69, 9.17) is 0 Å². The summed E-state index contributed by atoms with van der Waals surface area (Å²) in [5.74, 6) is 0.157. The lowest BCUT2D eigenvalue weighted by molar-refractivity contribution is -0.116. The number of pyridine rings is 1. The molecule has 0 aliphatic carbocycles. The average Bonchev–Trinajstić information content (AvgIpc) is 3.41. The van der Waals surface area contributed by atoms with Gasteiger partial charge in [0.15, 0.2) is 5.65 Å². The van der Waals surface area contributed by atoms with E-state index < -0.39 is 0 Å². The lowest BCUT2D eigenvalue weighted by atomic mass is 10.2. The highest BCUT2D eigenvalue weighted by molar-refractivity contribution is 5.92. The van der Waals surface area contributed by atoms with Crippen LogP contribution in [0.4, 0.5) is 5.82 Å². The number of aryl methyl sites for hydroxylation is 1. The standard InChI is InChI=1S/C20H16N10O/c1-29-16(4-5-26-29)19-14-9-27-30(20(14)25-12-24-19)11-18(31)28-17-3-2-13(8-23-17)15-10-21-6-7-22-15/h2-10,12H,11H2,1H3,(H,23,28,31). The first-order chi connectivity index (χ1) is 15.2. The molecule has 11 heteroatoms. The fourth-order valence-electron chi connectivity index (χ4n) is 3.20. The lowest BCUT2D eigenvalue weighted by Gasteiger charge is -2.07. The third-order valence-electron chi connectivity index (χ3n) is 4.68. The molecule has 0 aromatic carbocycles. The number of carbonyl (C=O) groups is 1. The van der Waals surface area contributed by atoms with Crippen molar-refractivity contribution in [3.8, 4) is 22.6 Å². The minimum Gasteiger partial charge on any atom is -0.309 e. The fraction of sp³-hybridized carbons (Fsp3) is 0.100. The Kier molecular flexibility index (Phi) is 4.60. The zero-order valence-electron chi connectivity index (χ0n) is 16.4. The van der Waals surface area contributed by atoms with Crippen LogP contribution >= 0.6 is 0 Å². The van der Waals surface area contributed by atoms with E-state index in [9.17, 15) is 4.79 Å². The van der Waals surface area contributed by atoms with Crippen molar-refractivity contribution in [3.63, 3.8) is 0 Å². The minimum absolute atomic E-state index is 0.0149. The van der Waals surface area contributed by atoms with Crippen molar-refractivity contribution in [1.29, 1.82) is 0 Å². The molecular weight excluding hydrogens is 396 g/mol. The quantitative estimate of drug-likeness (QED) is 0.462. The van der Waals surface area contributed by atoms with E-state index in [1.807, 2.05) is 19.2 Å². The molecule has 0 bridgehead atoms. The van der Waals surface area contributed by atoms with Crippen LogP contribution < -0.4 is 5.32 Å². The zero-order valence-corrected chi connectivity index (χ0v) is 16.4. The third kappa shape index (κ3) is 3.59. The summed E-state index contributed by atoms with van der Waals surface area (Å²) in [6.07, 6.45) is 11.3. The normalized spacial score (nSPS) is 11.0. The van der Waals surface area contributed by atoms with Crippen LogP contribution in [0.1, 0.15) is 0 Å². The van der Waals surface area contributed by atoms with Crippen LogP contribution in [0.3, 0.4) is 0 Å². The Balaban J connectivity index is 1.33. The highest BCUT2D eigenvalue weighted by Crippen LogP contribution is 2.24. The molecule has 1 N–H and O–H groups in total. The first-order valence-electron chi connectivity index (χ1n) is 9.36. The lowest BCUT2D eigenvalue weighted by Crippen LogP contribution is -2.20. The van der Waals surface area contributed by atoms with E-state index in [-0.39, 0.29) is 12.5 Å². The molecule has 11 nitrogen and oxygen atoms in total. The van der Waals surface area contributed by atoms with Gasteiger partial charge in [-0.15, -0.1) is 0 Å². The highest BCUT2D eigenvalue weighted by atomic mass is 16.2. The Morgan fingerprint density at radius 2 is 1.90 bits per heavy atom. The summed E-state index contributed by atoms with van der Waals surface area (Å²) in [6.45, 7) is -0.0149. The van der Waals surface area contributed by atoms with Gasteiger partial charge in [-0.3, -0.25) is 19.4 Å².